The molecule has 0 aliphatic heterocycles. The van der Waals surface area contributed by atoms with Gasteiger partial charge in [0.25, 0.3) is 0 Å². The minimum atomic E-state index is -0.341. The van der Waals surface area contributed by atoms with Gasteiger partial charge in [-0.25, -0.2) is 0 Å². The molecule has 0 amide bonds. The number of hydrogen-bond donors (Lipinski definition) is 1. The van der Waals surface area contributed by atoms with E-state index in [0.29, 0.717) is 19.8 Å². The average Bonchev–Trinajstić information content (AvgIpc) is 2.13. The summed E-state index contributed by atoms with van der Waals surface area (Å²) in [6, 6.07) is -0.341. The molecule has 0 heterocycles. The Kier molecular flexibility index (Phi) is 7.63. The van der Waals surface area contributed by atoms with Crippen LogP contribution in [-0.2, 0) is 14.3 Å². The predicted molar refractivity (Wildman–Crippen MR) is 50.6 cm³/mol. The van der Waals surface area contributed by atoms with Crippen LogP contribution < -0.4 is 5.32 Å². The lowest BCUT2D eigenvalue weighted by Crippen LogP contribution is -2.39. The lowest BCUT2D eigenvalue weighted by Gasteiger charge is -2.14. The van der Waals surface area contributed by atoms with Crippen molar-refractivity contribution in [1.29, 1.82) is 0 Å². The summed E-state index contributed by atoms with van der Waals surface area (Å²) in [6.07, 6.45) is 0.958. The molecule has 0 bridgehead atoms. The summed E-state index contributed by atoms with van der Waals surface area (Å²) in [5, 5.41) is 2.85. The van der Waals surface area contributed by atoms with E-state index in [2.05, 4.69) is 5.32 Å². The van der Waals surface area contributed by atoms with Gasteiger partial charge in [-0.2, -0.15) is 0 Å². The van der Waals surface area contributed by atoms with Gasteiger partial charge in [0, 0.05) is 6.61 Å². The van der Waals surface area contributed by atoms with E-state index in [9.17, 15) is 4.79 Å². The predicted octanol–water partition coefficient (Wildman–Crippen LogP) is 0.564. The molecule has 0 aromatic carbocycles. The topological polar surface area (TPSA) is 47.6 Å². The van der Waals surface area contributed by atoms with E-state index < -0.39 is 0 Å². The molecule has 78 valence electrons. The van der Waals surface area contributed by atoms with Crippen LogP contribution in [0.15, 0.2) is 0 Å². The first-order valence-corrected chi connectivity index (χ1v) is 4.67. The number of likely N-dealkylation sites (N-methyl/N-ethyl adjacent to an activating group) is 1. The van der Waals surface area contributed by atoms with Gasteiger partial charge in [0.15, 0.2) is 0 Å². The summed E-state index contributed by atoms with van der Waals surface area (Å²) >= 11 is 0. The van der Waals surface area contributed by atoms with Crippen molar-refractivity contribution in [2.45, 2.75) is 26.3 Å². The molecule has 4 heteroatoms. The molecule has 1 atom stereocenters. The largest absolute Gasteiger partial charge is 0.465 e. The van der Waals surface area contributed by atoms with Crippen molar-refractivity contribution >= 4 is 5.97 Å². The molecular weight excluding hydrogens is 170 g/mol. The van der Waals surface area contributed by atoms with Crippen molar-refractivity contribution in [2.75, 3.05) is 26.9 Å². The second-order valence-corrected chi connectivity index (χ2v) is 2.67. The third-order valence-electron chi connectivity index (χ3n) is 1.55. The zero-order valence-electron chi connectivity index (χ0n) is 8.63. The van der Waals surface area contributed by atoms with E-state index in [0.717, 1.165) is 6.42 Å². The average molecular weight is 189 g/mol. The molecular formula is C9H19NO3. The maximum absolute atomic E-state index is 11.2. The van der Waals surface area contributed by atoms with Gasteiger partial charge in [-0.15, -0.1) is 0 Å². The third kappa shape index (κ3) is 5.60. The molecule has 4 nitrogen and oxygen atoms in total. The van der Waals surface area contributed by atoms with Gasteiger partial charge in [0.05, 0.1) is 13.2 Å². The summed E-state index contributed by atoms with van der Waals surface area (Å²) in [5.41, 5.74) is 0. The second-order valence-electron chi connectivity index (χ2n) is 2.67. The number of esters is 1. The molecule has 0 aliphatic rings. The van der Waals surface area contributed by atoms with Gasteiger partial charge in [0.1, 0.15) is 6.04 Å². The van der Waals surface area contributed by atoms with Gasteiger partial charge in [-0.05, 0) is 20.4 Å². The molecule has 1 N–H and O–H groups in total. The first-order chi connectivity index (χ1) is 6.26. The van der Waals surface area contributed by atoms with E-state index in [4.69, 9.17) is 9.47 Å². The van der Waals surface area contributed by atoms with Crippen LogP contribution in [0.3, 0.4) is 0 Å². The highest BCUT2D eigenvalue weighted by molar-refractivity contribution is 5.75. The SMILES string of the molecule is CCCOCC(NC)C(=O)OCC. The minimum absolute atomic E-state index is 0.249. The molecule has 13 heavy (non-hydrogen) atoms. The first kappa shape index (κ1) is 12.4. The molecule has 0 aliphatic carbocycles. The third-order valence-corrected chi connectivity index (χ3v) is 1.55. The Morgan fingerprint density at radius 1 is 1.46 bits per heavy atom. The fraction of sp³-hybridized carbons (Fsp3) is 0.889. The van der Waals surface area contributed by atoms with Crippen LogP contribution in [0.25, 0.3) is 0 Å². The van der Waals surface area contributed by atoms with E-state index >= 15 is 0 Å². The quantitative estimate of drug-likeness (QED) is 0.469. The smallest absolute Gasteiger partial charge is 0.325 e. The van der Waals surface area contributed by atoms with Crippen molar-refractivity contribution in [2.24, 2.45) is 0 Å². The van der Waals surface area contributed by atoms with E-state index in [1.165, 1.54) is 0 Å². The fourth-order valence-corrected chi connectivity index (χ4v) is 0.858. The Morgan fingerprint density at radius 3 is 2.62 bits per heavy atom. The summed E-state index contributed by atoms with van der Waals surface area (Å²) in [5.74, 6) is -0.249. The van der Waals surface area contributed by atoms with Crippen molar-refractivity contribution in [3.8, 4) is 0 Å². The Labute approximate surface area is 79.6 Å². The summed E-state index contributed by atoms with van der Waals surface area (Å²) < 4.78 is 10.1. The van der Waals surface area contributed by atoms with Crippen LogP contribution in [0.2, 0.25) is 0 Å². The van der Waals surface area contributed by atoms with Crippen LogP contribution in [0.1, 0.15) is 20.3 Å². The molecule has 0 aromatic rings. The number of nitrogens with one attached hydrogen (secondary N) is 1. The van der Waals surface area contributed by atoms with E-state index in [1.54, 1.807) is 14.0 Å². The summed E-state index contributed by atoms with van der Waals surface area (Å²) in [6.45, 7) is 5.28. The Hall–Kier alpha value is -0.610. The molecule has 0 fully saturated rings. The molecule has 0 rings (SSSR count). The summed E-state index contributed by atoms with van der Waals surface area (Å²) in [7, 11) is 1.72. The van der Waals surface area contributed by atoms with Gasteiger partial charge in [-0.1, -0.05) is 6.92 Å². The summed E-state index contributed by atoms with van der Waals surface area (Å²) in [4.78, 5) is 11.2. The molecule has 0 radical (unpaired) electrons. The first-order valence-electron chi connectivity index (χ1n) is 4.67. The monoisotopic (exact) mass is 189 g/mol. The molecule has 1 unspecified atom stereocenters. The standard InChI is InChI=1S/C9H19NO3/c1-4-6-12-7-8(10-3)9(11)13-5-2/h8,10H,4-7H2,1-3H3. The Balaban J connectivity index is 3.67. The second kappa shape index (κ2) is 8.01. The van der Waals surface area contributed by atoms with Crippen molar-refractivity contribution in [1.82, 2.24) is 5.32 Å². The van der Waals surface area contributed by atoms with E-state index in [-0.39, 0.29) is 12.0 Å². The highest BCUT2D eigenvalue weighted by Crippen LogP contribution is 1.91. The molecule has 0 spiro atoms. The Bertz CT molecular complexity index is 139. The lowest BCUT2D eigenvalue weighted by atomic mass is 10.3. The van der Waals surface area contributed by atoms with Gasteiger partial charge in [0.2, 0.25) is 0 Å². The number of carbonyl (C=O) groups excluding carboxylic acids is 1. The number of hydrogen-bond acceptors (Lipinski definition) is 4. The molecule has 0 aromatic heterocycles. The minimum Gasteiger partial charge on any atom is -0.465 e. The Morgan fingerprint density at radius 2 is 2.15 bits per heavy atom. The van der Waals surface area contributed by atoms with Gasteiger partial charge >= 0.3 is 5.97 Å². The molecule has 0 saturated carbocycles. The fourth-order valence-electron chi connectivity index (χ4n) is 0.858. The maximum Gasteiger partial charge on any atom is 0.325 e. The highest BCUT2D eigenvalue weighted by atomic mass is 16.5. The maximum atomic E-state index is 11.2. The van der Waals surface area contributed by atoms with Crippen molar-refractivity contribution in [3.05, 3.63) is 0 Å². The zero-order chi connectivity index (χ0) is 10.1. The van der Waals surface area contributed by atoms with E-state index in [1.807, 2.05) is 6.92 Å². The zero-order valence-corrected chi connectivity index (χ0v) is 8.63. The number of rotatable bonds is 7. The van der Waals surface area contributed by atoms with Crippen LogP contribution in [0, 0.1) is 0 Å². The number of ether oxygens (including phenoxy) is 2. The van der Waals surface area contributed by atoms with Crippen LogP contribution in [-0.4, -0.2) is 38.9 Å². The van der Waals surface area contributed by atoms with Crippen molar-refractivity contribution in [3.63, 3.8) is 0 Å². The normalized spacial score (nSPS) is 12.5. The van der Waals surface area contributed by atoms with Gasteiger partial charge in [-0.3, -0.25) is 4.79 Å². The van der Waals surface area contributed by atoms with Crippen LogP contribution in [0.4, 0.5) is 0 Å². The van der Waals surface area contributed by atoms with Crippen molar-refractivity contribution < 1.29 is 14.3 Å². The van der Waals surface area contributed by atoms with Crippen LogP contribution >= 0.6 is 0 Å². The van der Waals surface area contributed by atoms with Gasteiger partial charge < -0.3 is 14.8 Å². The highest BCUT2D eigenvalue weighted by Gasteiger charge is 2.16. The van der Waals surface area contributed by atoms with Crippen LogP contribution in [0.5, 0.6) is 0 Å². The lowest BCUT2D eigenvalue weighted by molar-refractivity contribution is -0.147. The number of carbonyl (C=O) groups is 1. The molecule has 0 saturated heterocycles.